The molecule has 1 rings (SSSR count). The molecule has 0 N–H and O–H groups in total. The molecule has 0 radical (unpaired) electrons. The van der Waals surface area contributed by atoms with Crippen LogP contribution in [0, 0.1) is 0 Å². The molecule has 3 nitrogen and oxygen atoms in total. The van der Waals surface area contributed by atoms with Crippen molar-refractivity contribution in [3.05, 3.63) is 0 Å². The van der Waals surface area contributed by atoms with E-state index in [0.717, 1.165) is 13.0 Å². The summed E-state index contributed by atoms with van der Waals surface area (Å²) in [5.74, 6) is 0. The van der Waals surface area contributed by atoms with Gasteiger partial charge in [0.15, 0.2) is 0 Å². The fourth-order valence-electron chi connectivity index (χ4n) is 2.21. The van der Waals surface area contributed by atoms with Crippen LogP contribution in [0.25, 0.3) is 0 Å². The topological polar surface area (TPSA) is 29.5 Å². The van der Waals surface area contributed by atoms with Gasteiger partial charge < -0.3 is 0 Å². The van der Waals surface area contributed by atoms with E-state index < -0.39 is 18.4 Å². The van der Waals surface area contributed by atoms with Gasteiger partial charge in [-0.3, -0.25) is 0 Å². The summed E-state index contributed by atoms with van der Waals surface area (Å²) in [6, 6.07) is 0. The number of rotatable bonds is 1. The van der Waals surface area contributed by atoms with E-state index in [1.54, 1.807) is 0 Å². The molecule has 1 heterocycles. The van der Waals surface area contributed by atoms with Crippen molar-refractivity contribution < 1.29 is 9.53 Å². The van der Waals surface area contributed by atoms with Crippen LogP contribution in [0.4, 0.5) is 4.79 Å². The first-order chi connectivity index (χ1) is 7.11. The maximum absolute atomic E-state index is 12.1. The van der Waals surface area contributed by atoms with Gasteiger partial charge in [0.05, 0.1) is 0 Å². The van der Waals surface area contributed by atoms with Gasteiger partial charge >= 0.3 is 104 Å². The van der Waals surface area contributed by atoms with Crippen LogP contribution in [0.5, 0.6) is 0 Å². The maximum atomic E-state index is 12.1. The molecule has 0 aromatic heterocycles. The quantitative estimate of drug-likeness (QED) is 0.689. The molecule has 1 aliphatic rings. The molecular weight excluding hydrogens is 309 g/mol. The normalized spacial score (nSPS) is 22.4. The number of ether oxygens (including phenoxy) is 1. The van der Waals surface area contributed by atoms with Crippen molar-refractivity contribution in [2.45, 2.75) is 58.1 Å². The number of carbonyl (C=O) groups is 1. The number of nitrogens with zero attached hydrogens (tertiary/aromatic N) is 1. The van der Waals surface area contributed by atoms with Crippen LogP contribution in [0.15, 0.2) is 0 Å². The van der Waals surface area contributed by atoms with E-state index >= 15 is 0 Å². The summed E-state index contributed by atoms with van der Waals surface area (Å²) in [4.78, 5) is 21.2. The minimum atomic E-state index is -2.03. The first-order valence-electron chi connectivity index (χ1n) is 6.11. The molecule has 1 saturated heterocycles. The second kappa shape index (κ2) is 4.75. The molecular formula is C12H25NO2Sn. The summed E-state index contributed by atoms with van der Waals surface area (Å²) in [5, 5.41) is 0. The summed E-state index contributed by atoms with van der Waals surface area (Å²) < 4.78 is 5.99. The average molecular weight is 334 g/mol. The van der Waals surface area contributed by atoms with Crippen LogP contribution in [0.2, 0.25) is 14.8 Å². The molecule has 0 aromatic rings. The van der Waals surface area contributed by atoms with Crippen LogP contribution >= 0.6 is 0 Å². The van der Waals surface area contributed by atoms with E-state index in [-0.39, 0.29) is 11.7 Å². The monoisotopic (exact) mass is 335 g/mol. The van der Waals surface area contributed by atoms with Crippen LogP contribution in [0.3, 0.4) is 0 Å². The molecule has 0 unspecified atom stereocenters. The van der Waals surface area contributed by atoms with Crippen molar-refractivity contribution in [3.8, 4) is 0 Å². The Balaban J connectivity index is 2.69. The number of hydrogen-bond donors (Lipinski definition) is 0. The van der Waals surface area contributed by atoms with E-state index in [1.165, 1.54) is 6.42 Å². The Bertz CT molecular complexity index is 265. The number of likely N-dealkylation sites (tertiary alicyclic amines) is 1. The summed E-state index contributed by atoms with van der Waals surface area (Å²) in [7, 11) is 0. The SMILES string of the molecule is CC(C)(C)OC(=O)N1CCC[C@@H]1[Sn]([CH3])([CH3])[CH3]. The van der Waals surface area contributed by atoms with Crippen LogP contribution in [-0.2, 0) is 4.74 Å². The molecule has 0 bridgehead atoms. The molecule has 0 aromatic carbocycles. The molecule has 1 aliphatic heterocycles. The van der Waals surface area contributed by atoms with E-state index in [1.807, 2.05) is 25.7 Å². The Morgan fingerprint density at radius 1 is 1.31 bits per heavy atom. The third-order valence-corrected chi connectivity index (χ3v) is 10.3. The molecule has 4 heteroatoms. The second-order valence-corrected chi connectivity index (χ2v) is 22.1. The molecule has 1 fully saturated rings. The summed E-state index contributed by atoms with van der Waals surface area (Å²) in [5.41, 5.74) is -0.377. The molecule has 16 heavy (non-hydrogen) atoms. The molecule has 0 spiro atoms. The molecule has 0 aliphatic carbocycles. The van der Waals surface area contributed by atoms with Crippen molar-refractivity contribution in [1.82, 2.24) is 4.90 Å². The average Bonchev–Trinajstić information content (AvgIpc) is 2.45. The molecule has 1 amide bonds. The number of hydrogen-bond acceptors (Lipinski definition) is 2. The predicted octanol–water partition coefficient (Wildman–Crippen LogP) is 3.26. The standard InChI is InChI=1S/C9H16NO2.3CH3.Sn/c1-9(2,3)12-8(11)10-6-4-5-7-10;;;;/h6H,4-5,7H2,1-3H3;3*1H3;. The van der Waals surface area contributed by atoms with Crippen molar-refractivity contribution in [3.63, 3.8) is 0 Å². The van der Waals surface area contributed by atoms with Crippen molar-refractivity contribution >= 4 is 24.5 Å². The van der Waals surface area contributed by atoms with Crippen molar-refractivity contribution in [1.29, 1.82) is 0 Å². The minimum absolute atomic E-state index is 0.110. The Labute approximate surface area is 103 Å². The molecule has 94 valence electrons. The summed E-state index contributed by atoms with van der Waals surface area (Å²) in [6.07, 6.45) is 2.21. The van der Waals surface area contributed by atoms with E-state index in [0.29, 0.717) is 4.06 Å². The van der Waals surface area contributed by atoms with Gasteiger partial charge in [-0.2, -0.15) is 0 Å². The van der Waals surface area contributed by atoms with E-state index in [2.05, 4.69) is 14.8 Å². The number of carbonyl (C=O) groups excluding carboxylic acids is 1. The number of amides is 1. The van der Waals surface area contributed by atoms with Crippen molar-refractivity contribution in [2.24, 2.45) is 0 Å². The summed E-state index contributed by atoms with van der Waals surface area (Å²) in [6.45, 7) is 6.66. The van der Waals surface area contributed by atoms with Crippen LogP contribution in [-0.4, -0.2) is 45.6 Å². The Hall–Kier alpha value is 0.0687. The van der Waals surface area contributed by atoms with E-state index in [4.69, 9.17) is 4.74 Å². The third-order valence-electron chi connectivity index (χ3n) is 2.88. The van der Waals surface area contributed by atoms with Gasteiger partial charge in [0.1, 0.15) is 0 Å². The first-order valence-corrected chi connectivity index (χ1v) is 16.3. The van der Waals surface area contributed by atoms with E-state index in [9.17, 15) is 4.79 Å². The van der Waals surface area contributed by atoms with Gasteiger partial charge in [0.2, 0.25) is 0 Å². The van der Waals surface area contributed by atoms with Gasteiger partial charge in [-0.05, 0) is 0 Å². The summed E-state index contributed by atoms with van der Waals surface area (Å²) >= 11 is -2.03. The fraction of sp³-hybridized carbons (Fsp3) is 0.917. The second-order valence-electron chi connectivity index (χ2n) is 6.70. The Morgan fingerprint density at radius 3 is 2.31 bits per heavy atom. The Kier molecular flexibility index (Phi) is 4.19. The van der Waals surface area contributed by atoms with Gasteiger partial charge in [-0.1, -0.05) is 0 Å². The third kappa shape index (κ3) is 3.82. The van der Waals surface area contributed by atoms with Gasteiger partial charge in [-0.15, -0.1) is 0 Å². The molecule has 0 saturated carbocycles. The van der Waals surface area contributed by atoms with Crippen molar-refractivity contribution in [2.75, 3.05) is 6.54 Å². The zero-order valence-electron chi connectivity index (χ0n) is 11.5. The zero-order valence-corrected chi connectivity index (χ0v) is 14.3. The van der Waals surface area contributed by atoms with Gasteiger partial charge in [0, 0.05) is 0 Å². The fourth-order valence-corrected chi connectivity index (χ4v) is 8.60. The van der Waals surface area contributed by atoms with Crippen LogP contribution in [0.1, 0.15) is 33.6 Å². The Morgan fingerprint density at radius 2 is 1.88 bits per heavy atom. The van der Waals surface area contributed by atoms with Crippen LogP contribution < -0.4 is 0 Å². The van der Waals surface area contributed by atoms with Gasteiger partial charge in [-0.25, -0.2) is 0 Å². The first kappa shape index (κ1) is 14.1. The zero-order chi connectivity index (χ0) is 12.6. The van der Waals surface area contributed by atoms with Gasteiger partial charge in [0.25, 0.3) is 0 Å². The molecule has 1 atom stereocenters. The predicted molar refractivity (Wildman–Crippen MR) is 69.3 cm³/mol.